The van der Waals surface area contributed by atoms with Gasteiger partial charge in [0.05, 0.1) is 17.2 Å². The van der Waals surface area contributed by atoms with E-state index >= 15 is 0 Å². The maximum Gasteiger partial charge on any atom is 0.410 e. The number of hydrogen-bond acceptors (Lipinski definition) is 7. The zero-order valence-corrected chi connectivity index (χ0v) is 24.3. The van der Waals surface area contributed by atoms with E-state index in [2.05, 4.69) is 15.6 Å². The summed E-state index contributed by atoms with van der Waals surface area (Å²) < 4.78 is 24.9. The monoisotopic (exact) mass is 574 g/mol. The number of hydrogen-bond donors (Lipinski definition) is 2. The van der Waals surface area contributed by atoms with Crippen LogP contribution >= 0.6 is 0 Å². The Morgan fingerprint density at radius 1 is 0.905 bits per heavy atom. The number of benzene rings is 3. The number of carbonyl (C=O) groups excluding carboxylic acids is 2. The summed E-state index contributed by atoms with van der Waals surface area (Å²) in [7, 11) is 1.71. The van der Waals surface area contributed by atoms with Crippen molar-refractivity contribution >= 4 is 40.4 Å². The van der Waals surface area contributed by atoms with E-state index in [1.807, 2.05) is 38.7 Å². The van der Waals surface area contributed by atoms with Gasteiger partial charge in [-0.2, -0.15) is 0 Å². The zero-order chi connectivity index (χ0) is 30.3. The molecule has 3 amide bonds. The number of amides is 3. The van der Waals surface area contributed by atoms with Gasteiger partial charge >= 0.3 is 12.1 Å². The molecule has 0 aliphatic rings. The first-order chi connectivity index (χ1) is 20.0. The number of aromatic nitrogens is 2. The molecule has 0 atom stereocenters. The van der Waals surface area contributed by atoms with E-state index in [1.165, 1.54) is 18.2 Å². The van der Waals surface area contributed by atoms with E-state index in [0.717, 1.165) is 0 Å². The normalized spacial score (nSPS) is 11.1. The molecule has 3 aromatic carbocycles. The first kappa shape index (κ1) is 30.0. The number of nitrogens with one attached hydrogen (secondary N) is 2. The molecule has 42 heavy (non-hydrogen) atoms. The first-order valence-corrected chi connectivity index (χ1v) is 13.6. The van der Waals surface area contributed by atoms with Crippen LogP contribution in [0.5, 0.6) is 11.5 Å². The number of rotatable bonds is 9. The molecule has 0 unspecified atom stereocenters. The minimum Gasteiger partial charge on any atom is -0.457 e. The van der Waals surface area contributed by atoms with E-state index in [-0.39, 0.29) is 6.09 Å². The lowest BCUT2D eigenvalue weighted by Crippen LogP contribution is -2.39. The summed E-state index contributed by atoms with van der Waals surface area (Å²) in [6.45, 7) is 9.20. The van der Waals surface area contributed by atoms with E-state index in [9.17, 15) is 14.0 Å². The molecule has 4 aromatic rings. The van der Waals surface area contributed by atoms with Gasteiger partial charge in [-0.15, -0.1) is 0 Å². The summed E-state index contributed by atoms with van der Waals surface area (Å²) in [5, 5.41) is 5.31. The van der Waals surface area contributed by atoms with Crippen molar-refractivity contribution in [1.29, 1.82) is 0 Å². The Morgan fingerprint density at radius 3 is 2.29 bits per heavy atom. The van der Waals surface area contributed by atoms with Crippen molar-refractivity contribution in [3.05, 3.63) is 78.7 Å². The highest BCUT2D eigenvalue weighted by Crippen LogP contribution is 2.27. The highest BCUT2D eigenvalue weighted by Gasteiger charge is 2.20. The Hall–Kier alpha value is -4.93. The topological polar surface area (TPSA) is 109 Å². The van der Waals surface area contributed by atoms with Crippen LogP contribution in [0.3, 0.4) is 0 Å². The third-order valence-corrected chi connectivity index (χ3v) is 6.03. The Labute approximate surface area is 244 Å². The Kier molecular flexibility index (Phi) is 9.41. The van der Waals surface area contributed by atoms with Crippen molar-refractivity contribution < 1.29 is 23.5 Å². The minimum absolute atomic E-state index is 0.341. The van der Waals surface area contributed by atoms with Crippen LogP contribution in [0.2, 0.25) is 0 Å². The number of nitrogens with zero attached hydrogens (tertiary/aromatic N) is 4. The molecular formula is C31H35FN6O4. The van der Waals surface area contributed by atoms with Gasteiger partial charge in [-0.25, -0.2) is 19.0 Å². The maximum atomic E-state index is 13.4. The molecule has 1 heterocycles. The zero-order valence-electron chi connectivity index (χ0n) is 24.3. The highest BCUT2D eigenvalue weighted by molar-refractivity contribution is 5.99. The van der Waals surface area contributed by atoms with Gasteiger partial charge in [-0.3, -0.25) is 4.98 Å². The number of carbonyl (C=O) groups is 2. The summed E-state index contributed by atoms with van der Waals surface area (Å²) >= 11 is 0. The predicted molar refractivity (Wildman–Crippen MR) is 162 cm³/mol. The fraction of sp³-hybridized carbons (Fsp3) is 0.290. The van der Waals surface area contributed by atoms with Crippen molar-refractivity contribution in [3.63, 3.8) is 0 Å². The van der Waals surface area contributed by atoms with E-state index < -0.39 is 17.4 Å². The Bertz CT molecular complexity index is 1560. The van der Waals surface area contributed by atoms with Gasteiger partial charge in [-0.1, -0.05) is 12.1 Å². The smallest absolute Gasteiger partial charge is 0.410 e. The quantitative estimate of drug-likeness (QED) is 0.224. The molecule has 0 aliphatic heterocycles. The number of halogens is 1. The molecule has 0 saturated carbocycles. The molecule has 11 heteroatoms. The third kappa shape index (κ3) is 8.53. The van der Waals surface area contributed by atoms with Gasteiger partial charge in [0.15, 0.2) is 0 Å². The number of likely N-dealkylation sites (N-methyl/N-ethyl adjacent to an activating group) is 2. The summed E-state index contributed by atoms with van der Waals surface area (Å²) in [5.41, 5.74) is 1.63. The van der Waals surface area contributed by atoms with Gasteiger partial charge in [0.2, 0.25) is 0 Å². The molecule has 220 valence electrons. The number of fused-ring (bicyclic) bond motifs is 1. The van der Waals surface area contributed by atoms with Gasteiger partial charge in [0.25, 0.3) is 0 Å². The fourth-order valence-corrected chi connectivity index (χ4v) is 3.97. The largest absolute Gasteiger partial charge is 0.457 e. The van der Waals surface area contributed by atoms with Gasteiger partial charge < -0.3 is 29.9 Å². The van der Waals surface area contributed by atoms with Crippen LogP contribution in [0.1, 0.15) is 27.7 Å². The number of urea groups is 1. The second-order valence-electron chi connectivity index (χ2n) is 10.6. The van der Waals surface area contributed by atoms with Crippen LogP contribution in [-0.4, -0.2) is 59.3 Å². The molecule has 4 rings (SSSR count). The lowest BCUT2D eigenvalue weighted by Gasteiger charge is -2.27. The maximum absolute atomic E-state index is 13.4. The highest BCUT2D eigenvalue weighted by atomic mass is 19.1. The minimum atomic E-state index is -0.559. The van der Waals surface area contributed by atoms with Crippen LogP contribution in [-0.2, 0) is 4.74 Å². The Balaban J connectivity index is 1.41. The second-order valence-corrected chi connectivity index (χ2v) is 10.6. The molecule has 2 N–H and O–H groups in total. The lowest BCUT2D eigenvalue weighted by atomic mass is 10.2. The van der Waals surface area contributed by atoms with Crippen LogP contribution in [0, 0.1) is 5.82 Å². The van der Waals surface area contributed by atoms with Gasteiger partial charge in [0, 0.05) is 50.2 Å². The van der Waals surface area contributed by atoms with E-state index in [0.29, 0.717) is 59.4 Å². The molecular weight excluding hydrogens is 539 g/mol. The summed E-state index contributed by atoms with van der Waals surface area (Å²) in [5.74, 6) is 1.28. The first-order valence-electron chi connectivity index (χ1n) is 13.6. The molecule has 0 fully saturated rings. The molecule has 0 bridgehead atoms. The van der Waals surface area contributed by atoms with Crippen molar-refractivity contribution in [2.75, 3.05) is 42.2 Å². The Morgan fingerprint density at radius 2 is 1.60 bits per heavy atom. The molecule has 0 radical (unpaired) electrons. The van der Waals surface area contributed by atoms with Crippen LogP contribution in [0.25, 0.3) is 11.0 Å². The van der Waals surface area contributed by atoms with Crippen molar-refractivity contribution in [3.8, 4) is 11.5 Å². The standard InChI is InChI=1S/C31H35FN6O4/c1-6-38(16-15-37(5)30(40)42-31(2,3)4)28-20-33-26-14-13-25(19-27(26)36-28)41-24-12-8-11-23(18-24)35-29(39)34-22-10-7-9-21(32)17-22/h7-14,17-20H,6,15-16H2,1-5H3,(H2,34,35,39). The van der Waals surface area contributed by atoms with Gasteiger partial charge in [-0.05, 0) is 70.2 Å². The predicted octanol–water partition coefficient (Wildman–Crippen LogP) is 6.90. The SMILES string of the molecule is CCN(CCN(C)C(=O)OC(C)(C)C)c1cnc2ccc(Oc3cccc(NC(=O)Nc4cccc(F)c4)c3)cc2n1. The number of anilines is 3. The van der Waals surface area contributed by atoms with Crippen LogP contribution in [0.4, 0.5) is 31.2 Å². The summed E-state index contributed by atoms with van der Waals surface area (Å²) in [4.78, 5) is 37.6. The summed E-state index contributed by atoms with van der Waals surface area (Å²) in [6, 6.07) is 17.5. The molecule has 0 spiro atoms. The van der Waals surface area contributed by atoms with E-state index in [4.69, 9.17) is 14.5 Å². The second kappa shape index (κ2) is 13.2. The van der Waals surface area contributed by atoms with Crippen molar-refractivity contribution in [2.24, 2.45) is 0 Å². The van der Waals surface area contributed by atoms with Crippen LogP contribution in [0.15, 0.2) is 72.9 Å². The molecule has 0 saturated heterocycles. The third-order valence-electron chi connectivity index (χ3n) is 6.03. The lowest BCUT2D eigenvalue weighted by molar-refractivity contribution is 0.0303. The average molecular weight is 575 g/mol. The van der Waals surface area contributed by atoms with Crippen LogP contribution < -0.4 is 20.3 Å². The number of ether oxygens (including phenoxy) is 2. The van der Waals surface area contributed by atoms with Gasteiger partial charge in [0.1, 0.15) is 28.7 Å². The molecule has 1 aromatic heterocycles. The molecule has 0 aliphatic carbocycles. The molecule has 10 nitrogen and oxygen atoms in total. The van der Waals surface area contributed by atoms with Crippen molar-refractivity contribution in [1.82, 2.24) is 14.9 Å². The average Bonchev–Trinajstić information content (AvgIpc) is 2.92. The van der Waals surface area contributed by atoms with Crippen molar-refractivity contribution in [2.45, 2.75) is 33.3 Å². The summed E-state index contributed by atoms with van der Waals surface area (Å²) in [6.07, 6.45) is 1.33. The fourth-order valence-electron chi connectivity index (χ4n) is 3.97. The van der Waals surface area contributed by atoms with E-state index in [1.54, 1.807) is 60.6 Å².